The highest BCUT2D eigenvalue weighted by molar-refractivity contribution is 7.22. The van der Waals surface area contributed by atoms with Crippen LogP contribution in [-0.2, 0) is 16.0 Å². The number of Topliss-reactive ketones (excluding diaryl/α,β-unsaturated/α-hetero) is 1. The first kappa shape index (κ1) is 27.7. The lowest BCUT2D eigenvalue weighted by atomic mass is 9.94. The zero-order valence-corrected chi connectivity index (χ0v) is 24.2. The SMILES string of the molecule is CCCOc1ccc([C@@H]2C(=C(O)c3ccc4c(c3)C[C@H](C)O4)C(=O)C(=O)N2c2nc3ccc(F)cc3s2)cc1OCC. The third kappa shape index (κ3) is 4.85. The number of hydrogen-bond acceptors (Lipinski definition) is 8. The van der Waals surface area contributed by atoms with Crippen LogP contribution in [0.25, 0.3) is 16.0 Å². The standard InChI is InChI=1S/C32H29FN2O6S/c1-4-12-40-24-11-6-18(15-25(24)39-5-2)28-27(29(36)19-7-10-23-20(14-19)13-17(3)41-23)30(37)31(38)35(28)32-34-22-9-8-21(33)16-26(22)42-32/h6-11,14-17,28,36H,4-5,12-13H2,1-3H3/t17-,28+/m0/s1. The van der Waals surface area contributed by atoms with Crippen molar-refractivity contribution in [2.75, 3.05) is 18.1 Å². The average molecular weight is 589 g/mol. The smallest absolute Gasteiger partial charge is 0.301 e. The molecule has 10 heteroatoms. The van der Waals surface area contributed by atoms with Gasteiger partial charge in [-0.15, -0.1) is 0 Å². The van der Waals surface area contributed by atoms with Gasteiger partial charge in [-0.1, -0.05) is 24.3 Å². The number of thiazole rings is 1. The molecule has 4 aromatic rings. The topological polar surface area (TPSA) is 98.2 Å². The summed E-state index contributed by atoms with van der Waals surface area (Å²) in [6, 6.07) is 13.5. The quantitative estimate of drug-likeness (QED) is 0.141. The van der Waals surface area contributed by atoms with Gasteiger partial charge in [0.15, 0.2) is 16.6 Å². The summed E-state index contributed by atoms with van der Waals surface area (Å²) < 4.78 is 32.0. The van der Waals surface area contributed by atoms with Crippen molar-refractivity contribution in [1.82, 2.24) is 4.98 Å². The van der Waals surface area contributed by atoms with Crippen molar-refractivity contribution < 1.29 is 33.3 Å². The molecule has 1 amide bonds. The molecule has 42 heavy (non-hydrogen) atoms. The summed E-state index contributed by atoms with van der Waals surface area (Å²) in [5.74, 6) is -0.732. The molecule has 0 bridgehead atoms. The molecule has 0 radical (unpaired) electrons. The van der Waals surface area contributed by atoms with Gasteiger partial charge < -0.3 is 19.3 Å². The average Bonchev–Trinajstić information content (AvgIpc) is 3.63. The zero-order chi connectivity index (χ0) is 29.5. The summed E-state index contributed by atoms with van der Waals surface area (Å²) in [7, 11) is 0. The number of carbonyl (C=O) groups is 2. The van der Waals surface area contributed by atoms with E-state index < -0.39 is 23.5 Å². The molecule has 3 heterocycles. The lowest BCUT2D eigenvalue weighted by molar-refractivity contribution is -0.132. The number of aliphatic hydroxyl groups excluding tert-OH is 1. The van der Waals surface area contributed by atoms with Crippen molar-refractivity contribution in [3.8, 4) is 17.2 Å². The van der Waals surface area contributed by atoms with E-state index in [2.05, 4.69) is 4.98 Å². The van der Waals surface area contributed by atoms with Gasteiger partial charge in [0.05, 0.1) is 35.0 Å². The van der Waals surface area contributed by atoms with E-state index in [0.29, 0.717) is 52.5 Å². The van der Waals surface area contributed by atoms with Gasteiger partial charge in [-0.25, -0.2) is 9.37 Å². The summed E-state index contributed by atoms with van der Waals surface area (Å²) in [6.07, 6.45) is 1.46. The minimum atomic E-state index is -1.03. The number of aliphatic hydroxyl groups is 1. The lowest BCUT2D eigenvalue weighted by Crippen LogP contribution is -2.29. The Kier molecular flexibility index (Phi) is 7.32. The van der Waals surface area contributed by atoms with Crippen molar-refractivity contribution in [2.45, 2.75) is 45.8 Å². The van der Waals surface area contributed by atoms with Crippen LogP contribution in [0.5, 0.6) is 17.2 Å². The predicted octanol–water partition coefficient (Wildman–Crippen LogP) is 6.57. The van der Waals surface area contributed by atoms with Gasteiger partial charge >= 0.3 is 5.91 Å². The largest absolute Gasteiger partial charge is 0.507 e. The van der Waals surface area contributed by atoms with Crippen molar-refractivity contribution >= 4 is 44.1 Å². The number of nitrogens with zero attached hydrogens (tertiary/aromatic N) is 2. The maximum absolute atomic E-state index is 14.0. The highest BCUT2D eigenvalue weighted by Gasteiger charge is 2.48. The number of amides is 1. The number of anilines is 1. The van der Waals surface area contributed by atoms with Crippen LogP contribution in [0.1, 0.15) is 49.9 Å². The van der Waals surface area contributed by atoms with Gasteiger partial charge in [-0.3, -0.25) is 14.5 Å². The monoisotopic (exact) mass is 588 g/mol. The van der Waals surface area contributed by atoms with E-state index in [9.17, 15) is 19.1 Å². The molecular formula is C32H29FN2O6S. The number of halogens is 1. The first-order valence-corrected chi connectivity index (χ1v) is 14.7. The van der Waals surface area contributed by atoms with Crippen LogP contribution in [0.15, 0.2) is 60.2 Å². The summed E-state index contributed by atoms with van der Waals surface area (Å²) in [4.78, 5) is 33.2. The Labute approximate surface area is 246 Å². The maximum Gasteiger partial charge on any atom is 0.301 e. The van der Waals surface area contributed by atoms with Gasteiger partial charge in [0.1, 0.15) is 23.4 Å². The van der Waals surface area contributed by atoms with Gasteiger partial charge in [0, 0.05) is 12.0 Å². The lowest BCUT2D eigenvalue weighted by Gasteiger charge is -2.24. The van der Waals surface area contributed by atoms with E-state index in [-0.39, 0.29) is 22.6 Å². The maximum atomic E-state index is 14.0. The fraction of sp³-hybridized carbons (Fsp3) is 0.281. The van der Waals surface area contributed by atoms with E-state index in [1.54, 1.807) is 36.4 Å². The zero-order valence-electron chi connectivity index (χ0n) is 23.3. The Morgan fingerprint density at radius 1 is 1.10 bits per heavy atom. The Bertz CT molecular complexity index is 1750. The van der Waals surface area contributed by atoms with Gasteiger partial charge in [-0.2, -0.15) is 0 Å². The molecule has 0 spiro atoms. The molecule has 2 aliphatic rings. The van der Waals surface area contributed by atoms with E-state index in [1.807, 2.05) is 20.8 Å². The van der Waals surface area contributed by atoms with Gasteiger partial charge in [0.25, 0.3) is 5.78 Å². The molecule has 1 fully saturated rings. The van der Waals surface area contributed by atoms with E-state index in [0.717, 1.165) is 29.1 Å². The molecule has 8 nitrogen and oxygen atoms in total. The Balaban J connectivity index is 1.53. The van der Waals surface area contributed by atoms with E-state index in [1.165, 1.54) is 23.1 Å². The van der Waals surface area contributed by atoms with Crippen LogP contribution < -0.4 is 19.1 Å². The second-order valence-electron chi connectivity index (χ2n) is 10.2. The van der Waals surface area contributed by atoms with E-state index >= 15 is 0 Å². The van der Waals surface area contributed by atoms with Crippen LogP contribution in [0, 0.1) is 5.82 Å². The number of carbonyl (C=O) groups excluding carboxylic acids is 2. The Hall–Kier alpha value is -4.44. The third-order valence-corrected chi connectivity index (χ3v) is 8.22. The number of aromatic nitrogens is 1. The molecule has 0 saturated carbocycles. The van der Waals surface area contributed by atoms with Crippen molar-refractivity contribution in [3.05, 3.63) is 82.7 Å². The molecule has 0 aliphatic carbocycles. The summed E-state index contributed by atoms with van der Waals surface area (Å²) in [6.45, 7) is 6.66. The minimum Gasteiger partial charge on any atom is -0.507 e. The molecular weight excluding hydrogens is 559 g/mol. The predicted molar refractivity (Wildman–Crippen MR) is 158 cm³/mol. The number of hydrogen-bond donors (Lipinski definition) is 1. The minimum absolute atomic E-state index is 0.00252. The van der Waals surface area contributed by atoms with Crippen LogP contribution in [0.2, 0.25) is 0 Å². The van der Waals surface area contributed by atoms with Crippen LogP contribution in [0.3, 0.4) is 0 Å². The summed E-state index contributed by atoms with van der Waals surface area (Å²) in [5.41, 5.74) is 2.23. The molecule has 216 valence electrons. The number of ether oxygens (including phenoxy) is 3. The number of benzene rings is 3. The molecule has 2 atom stereocenters. The Morgan fingerprint density at radius 2 is 1.93 bits per heavy atom. The molecule has 2 aliphatic heterocycles. The van der Waals surface area contributed by atoms with Crippen molar-refractivity contribution in [3.63, 3.8) is 0 Å². The summed E-state index contributed by atoms with van der Waals surface area (Å²) >= 11 is 1.09. The van der Waals surface area contributed by atoms with Gasteiger partial charge in [0.2, 0.25) is 0 Å². The summed E-state index contributed by atoms with van der Waals surface area (Å²) in [5, 5.41) is 11.8. The third-order valence-electron chi connectivity index (χ3n) is 7.20. The first-order valence-electron chi connectivity index (χ1n) is 13.9. The number of fused-ring (bicyclic) bond motifs is 2. The second-order valence-corrected chi connectivity index (χ2v) is 11.2. The Morgan fingerprint density at radius 3 is 2.71 bits per heavy atom. The second kappa shape index (κ2) is 11.1. The van der Waals surface area contributed by atoms with Crippen molar-refractivity contribution in [2.24, 2.45) is 0 Å². The number of rotatable bonds is 8. The fourth-order valence-electron chi connectivity index (χ4n) is 5.35. The van der Waals surface area contributed by atoms with E-state index in [4.69, 9.17) is 14.2 Å². The molecule has 3 aromatic carbocycles. The van der Waals surface area contributed by atoms with Crippen LogP contribution in [-0.4, -0.2) is 41.1 Å². The highest BCUT2D eigenvalue weighted by atomic mass is 32.1. The molecule has 1 N–H and O–H groups in total. The van der Waals surface area contributed by atoms with Crippen LogP contribution >= 0.6 is 11.3 Å². The van der Waals surface area contributed by atoms with Crippen LogP contribution in [0.4, 0.5) is 9.52 Å². The van der Waals surface area contributed by atoms with Crippen molar-refractivity contribution in [1.29, 1.82) is 0 Å². The first-order chi connectivity index (χ1) is 20.3. The fourth-order valence-corrected chi connectivity index (χ4v) is 6.37. The molecule has 1 aromatic heterocycles. The normalized spacial score (nSPS) is 19.3. The van der Waals surface area contributed by atoms with Gasteiger partial charge in [-0.05, 0) is 79.9 Å². The molecule has 6 rings (SSSR count). The highest BCUT2D eigenvalue weighted by Crippen LogP contribution is 2.46. The number of ketones is 1. The molecule has 0 unspecified atom stereocenters. The molecule has 1 saturated heterocycles.